The number of hydrogen-bond acceptors (Lipinski definition) is 3. The molecule has 0 unspecified atom stereocenters. The van der Waals surface area contributed by atoms with Crippen molar-refractivity contribution in [3.63, 3.8) is 0 Å². The van der Waals surface area contributed by atoms with E-state index in [2.05, 4.69) is 10.3 Å². The molecule has 1 fully saturated rings. The first-order valence-electron chi connectivity index (χ1n) is 4.91. The summed E-state index contributed by atoms with van der Waals surface area (Å²) in [6.07, 6.45) is 3.87. The first-order chi connectivity index (χ1) is 6.84. The van der Waals surface area contributed by atoms with E-state index in [0.717, 1.165) is 25.9 Å². The molecule has 0 aromatic carbocycles. The van der Waals surface area contributed by atoms with Crippen molar-refractivity contribution in [2.75, 3.05) is 13.1 Å². The Labute approximate surface area is 94.4 Å². The van der Waals surface area contributed by atoms with E-state index in [4.69, 9.17) is 4.74 Å². The van der Waals surface area contributed by atoms with Crippen LogP contribution in [0.3, 0.4) is 0 Å². The van der Waals surface area contributed by atoms with Gasteiger partial charge in [0.25, 0.3) is 5.56 Å². The topological polar surface area (TPSA) is 54.1 Å². The van der Waals surface area contributed by atoms with Gasteiger partial charge in [-0.25, -0.2) is 0 Å². The lowest BCUT2D eigenvalue weighted by atomic mass is 10.1. The van der Waals surface area contributed by atoms with Crippen LogP contribution in [0.2, 0.25) is 0 Å². The molecule has 2 rings (SSSR count). The Bertz CT molecular complexity index is 347. The number of aromatic amines is 1. The summed E-state index contributed by atoms with van der Waals surface area (Å²) in [7, 11) is 0. The minimum absolute atomic E-state index is 0. The molecule has 4 nitrogen and oxygen atoms in total. The van der Waals surface area contributed by atoms with Crippen LogP contribution in [0.15, 0.2) is 23.1 Å². The van der Waals surface area contributed by atoms with Crippen molar-refractivity contribution in [2.24, 2.45) is 0 Å². The van der Waals surface area contributed by atoms with Crippen LogP contribution in [0.5, 0.6) is 5.75 Å². The number of nitrogens with one attached hydrogen (secondary N) is 2. The van der Waals surface area contributed by atoms with E-state index in [-0.39, 0.29) is 24.1 Å². The van der Waals surface area contributed by atoms with Gasteiger partial charge >= 0.3 is 0 Å². The number of hydrogen-bond donors (Lipinski definition) is 2. The van der Waals surface area contributed by atoms with Crippen LogP contribution in [0.1, 0.15) is 12.8 Å². The summed E-state index contributed by atoms with van der Waals surface area (Å²) in [5.74, 6) is 0.667. The zero-order valence-corrected chi connectivity index (χ0v) is 9.18. The summed E-state index contributed by atoms with van der Waals surface area (Å²) in [5.41, 5.74) is -0.114. The second kappa shape index (κ2) is 5.78. The van der Waals surface area contributed by atoms with E-state index in [1.165, 1.54) is 6.07 Å². The molecule has 0 atom stereocenters. The SMILES string of the molecule is Cl.O=c1cc(OC2CCNCC2)cc[nH]1. The summed E-state index contributed by atoms with van der Waals surface area (Å²) in [4.78, 5) is 13.5. The summed E-state index contributed by atoms with van der Waals surface area (Å²) < 4.78 is 5.68. The zero-order valence-electron chi connectivity index (χ0n) is 8.36. The van der Waals surface area contributed by atoms with Gasteiger partial charge in [-0.15, -0.1) is 12.4 Å². The van der Waals surface area contributed by atoms with Gasteiger partial charge in [-0.3, -0.25) is 4.79 Å². The number of aromatic nitrogens is 1. The highest BCUT2D eigenvalue weighted by atomic mass is 35.5. The van der Waals surface area contributed by atoms with E-state index in [1.54, 1.807) is 12.3 Å². The Hall–Kier alpha value is -1.00. The summed E-state index contributed by atoms with van der Waals surface area (Å²) >= 11 is 0. The van der Waals surface area contributed by atoms with Gasteiger partial charge in [-0.2, -0.15) is 0 Å². The second-order valence-electron chi connectivity index (χ2n) is 3.46. The number of halogens is 1. The molecule has 0 amide bonds. The quantitative estimate of drug-likeness (QED) is 0.795. The smallest absolute Gasteiger partial charge is 0.251 e. The molecule has 84 valence electrons. The lowest BCUT2D eigenvalue weighted by molar-refractivity contribution is 0.162. The first-order valence-corrected chi connectivity index (χ1v) is 4.91. The maximum absolute atomic E-state index is 11.0. The maximum atomic E-state index is 11.0. The Balaban J connectivity index is 0.00000112. The molecule has 15 heavy (non-hydrogen) atoms. The largest absolute Gasteiger partial charge is 0.490 e. The lowest BCUT2D eigenvalue weighted by Gasteiger charge is -2.23. The molecule has 2 N–H and O–H groups in total. The molecule has 1 aromatic rings. The van der Waals surface area contributed by atoms with Crippen LogP contribution in [-0.4, -0.2) is 24.2 Å². The third-order valence-corrected chi connectivity index (χ3v) is 2.34. The molecule has 1 saturated heterocycles. The number of ether oxygens (including phenoxy) is 1. The lowest BCUT2D eigenvalue weighted by Crippen LogP contribution is -2.34. The first kappa shape index (κ1) is 12.1. The molecule has 0 radical (unpaired) electrons. The van der Waals surface area contributed by atoms with Crippen LogP contribution in [0, 0.1) is 0 Å². The average molecular weight is 231 g/mol. The summed E-state index contributed by atoms with van der Waals surface area (Å²) in [6, 6.07) is 3.27. The van der Waals surface area contributed by atoms with Gasteiger partial charge in [0, 0.05) is 12.3 Å². The van der Waals surface area contributed by atoms with Gasteiger partial charge in [0.05, 0.1) is 0 Å². The summed E-state index contributed by atoms with van der Waals surface area (Å²) in [6.45, 7) is 1.99. The van der Waals surface area contributed by atoms with Crippen molar-refractivity contribution in [1.29, 1.82) is 0 Å². The average Bonchev–Trinajstić information content (AvgIpc) is 2.19. The van der Waals surface area contributed by atoms with Crippen molar-refractivity contribution in [3.8, 4) is 5.75 Å². The number of piperidine rings is 1. The third kappa shape index (κ3) is 3.57. The fourth-order valence-electron chi connectivity index (χ4n) is 1.60. The molecular weight excluding hydrogens is 216 g/mol. The Morgan fingerprint density at radius 3 is 2.73 bits per heavy atom. The molecule has 0 bridgehead atoms. The number of H-pyrrole nitrogens is 1. The van der Waals surface area contributed by atoms with Crippen molar-refractivity contribution in [3.05, 3.63) is 28.7 Å². The Kier molecular flexibility index (Phi) is 4.65. The highest BCUT2D eigenvalue weighted by Crippen LogP contribution is 2.13. The van der Waals surface area contributed by atoms with Gasteiger partial charge in [0.2, 0.25) is 0 Å². The molecule has 1 aliphatic heterocycles. The Morgan fingerprint density at radius 2 is 2.07 bits per heavy atom. The minimum atomic E-state index is -0.114. The molecular formula is C10H15ClN2O2. The van der Waals surface area contributed by atoms with E-state index in [1.807, 2.05) is 0 Å². The number of pyridine rings is 1. The third-order valence-electron chi connectivity index (χ3n) is 2.34. The minimum Gasteiger partial charge on any atom is -0.490 e. The second-order valence-corrected chi connectivity index (χ2v) is 3.46. The molecule has 0 aliphatic carbocycles. The van der Waals surface area contributed by atoms with Crippen LogP contribution in [0.4, 0.5) is 0 Å². The van der Waals surface area contributed by atoms with E-state index < -0.39 is 0 Å². The predicted molar refractivity (Wildman–Crippen MR) is 60.8 cm³/mol. The van der Waals surface area contributed by atoms with Gasteiger partial charge in [0.15, 0.2) is 0 Å². The van der Waals surface area contributed by atoms with Crippen molar-refractivity contribution < 1.29 is 4.74 Å². The number of rotatable bonds is 2. The molecule has 1 aliphatic rings. The predicted octanol–water partition coefficient (Wildman–Crippen LogP) is 0.927. The van der Waals surface area contributed by atoms with Gasteiger partial charge in [-0.05, 0) is 32.0 Å². The standard InChI is InChI=1S/C10H14N2O2.ClH/c13-10-7-9(3-6-12-10)14-8-1-4-11-5-2-8;/h3,6-8,11H,1-2,4-5H2,(H,12,13);1H. The van der Waals surface area contributed by atoms with Crippen LogP contribution in [-0.2, 0) is 0 Å². The van der Waals surface area contributed by atoms with Crippen LogP contribution < -0.4 is 15.6 Å². The highest BCUT2D eigenvalue weighted by Gasteiger charge is 2.14. The fourth-order valence-corrected chi connectivity index (χ4v) is 1.60. The van der Waals surface area contributed by atoms with E-state index in [0.29, 0.717) is 5.75 Å². The van der Waals surface area contributed by atoms with Gasteiger partial charge < -0.3 is 15.0 Å². The van der Waals surface area contributed by atoms with E-state index >= 15 is 0 Å². The molecule has 1 aromatic heterocycles. The normalized spacial score (nSPS) is 16.8. The summed E-state index contributed by atoms with van der Waals surface area (Å²) in [5, 5.41) is 3.26. The monoisotopic (exact) mass is 230 g/mol. The molecule has 5 heteroatoms. The highest BCUT2D eigenvalue weighted by molar-refractivity contribution is 5.85. The van der Waals surface area contributed by atoms with Crippen LogP contribution in [0.25, 0.3) is 0 Å². The van der Waals surface area contributed by atoms with Crippen LogP contribution >= 0.6 is 12.4 Å². The van der Waals surface area contributed by atoms with Gasteiger partial charge in [-0.1, -0.05) is 0 Å². The van der Waals surface area contributed by atoms with E-state index in [9.17, 15) is 4.79 Å². The fraction of sp³-hybridized carbons (Fsp3) is 0.500. The van der Waals surface area contributed by atoms with Crippen molar-refractivity contribution in [2.45, 2.75) is 18.9 Å². The van der Waals surface area contributed by atoms with Crippen molar-refractivity contribution in [1.82, 2.24) is 10.3 Å². The molecule has 2 heterocycles. The van der Waals surface area contributed by atoms with Gasteiger partial charge in [0.1, 0.15) is 11.9 Å². The molecule has 0 saturated carbocycles. The van der Waals surface area contributed by atoms with Crippen molar-refractivity contribution >= 4 is 12.4 Å². The maximum Gasteiger partial charge on any atom is 0.251 e. The molecule has 0 spiro atoms. The zero-order chi connectivity index (χ0) is 9.80. The Morgan fingerprint density at radius 1 is 1.33 bits per heavy atom.